The minimum absolute atomic E-state index is 0.000965. The molecule has 1 aromatic carbocycles. The standard InChI is InChI=1S/C30H29F3N6O7S/c1-3-34-28(42)37-24-10-18(26-36-23(15-47-26)30(31,32)33)20(11-35-24)16-5-6-22-19(9-16)25(40)21(27(41)46-4-2)13-38(22)12-17-14-45-8-7-39(17)29(43)44/h5-6,9-11,13,15,17H,3-4,7-8,12,14H2,1-2H3,(H,43,44)(H2,34,35,37,42). The topological polar surface area (TPSA) is 165 Å². The Morgan fingerprint density at radius 2 is 1.98 bits per heavy atom. The second-order valence-corrected chi connectivity index (χ2v) is 11.2. The minimum atomic E-state index is -4.69. The molecule has 0 spiro atoms. The zero-order chi connectivity index (χ0) is 33.9. The first kappa shape index (κ1) is 33.3. The molecule has 4 heterocycles. The lowest BCUT2D eigenvalue weighted by Crippen LogP contribution is -2.50. The van der Waals surface area contributed by atoms with Crippen molar-refractivity contribution in [1.82, 2.24) is 24.8 Å². The molecular weight excluding hydrogens is 645 g/mol. The molecule has 0 radical (unpaired) electrons. The lowest BCUT2D eigenvalue weighted by molar-refractivity contribution is -0.140. The Hall–Kier alpha value is -5.03. The summed E-state index contributed by atoms with van der Waals surface area (Å²) in [4.78, 5) is 59.9. The van der Waals surface area contributed by atoms with Crippen LogP contribution in [0.3, 0.4) is 0 Å². The quantitative estimate of drug-likeness (QED) is 0.221. The summed E-state index contributed by atoms with van der Waals surface area (Å²) >= 11 is 0.740. The average Bonchev–Trinajstić information content (AvgIpc) is 3.54. The minimum Gasteiger partial charge on any atom is -0.465 e. The van der Waals surface area contributed by atoms with E-state index in [1.165, 1.54) is 29.4 Å². The smallest absolute Gasteiger partial charge is 0.434 e. The van der Waals surface area contributed by atoms with Crippen LogP contribution in [0.5, 0.6) is 0 Å². The van der Waals surface area contributed by atoms with Crippen molar-refractivity contribution < 1.29 is 42.1 Å². The third-order valence-corrected chi connectivity index (χ3v) is 8.15. The maximum absolute atomic E-state index is 13.7. The van der Waals surface area contributed by atoms with Crippen LogP contribution in [0, 0.1) is 0 Å². The summed E-state index contributed by atoms with van der Waals surface area (Å²) in [6.07, 6.45) is -3.18. The van der Waals surface area contributed by atoms with Gasteiger partial charge in [-0.2, -0.15) is 13.2 Å². The Labute approximate surface area is 268 Å². The van der Waals surface area contributed by atoms with Crippen LogP contribution in [-0.4, -0.2) is 81.6 Å². The Morgan fingerprint density at radius 3 is 2.66 bits per heavy atom. The lowest BCUT2D eigenvalue weighted by atomic mass is 9.99. The van der Waals surface area contributed by atoms with Gasteiger partial charge in [-0.3, -0.25) is 15.0 Å². The van der Waals surface area contributed by atoms with Crippen LogP contribution in [0.15, 0.2) is 46.8 Å². The molecule has 13 nitrogen and oxygen atoms in total. The number of urea groups is 1. The van der Waals surface area contributed by atoms with E-state index in [0.717, 1.165) is 16.7 Å². The summed E-state index contributed by atoms with van der Waals surface area (Å²) in [6, 6.07) is 4.85. The summed E-state index contributed by atoms with van der Waals surface area (Å²) in [7, 11) is 0. The van der Waals surface area contributed by atoms with Crippen LogP contribution in [0.2, 0.25) is 0 Å². The number of nitrogens with zero attached hydrogens (tertiary/aromatic N) is 4. The van der Waals surface area contributed by atoms with Crippen LogP contribution in [0.1, 0.15) is 29.9 Å². The van der Waals surface area contributed by atoms with Gasteiger partial charge in [0.15, 0.2) is 5.69 Å². The molecule has 5 rings (SSSR count). The maximum atomic E-state index is 13.7. The van der Waals surface area contributed by atoms with Gasteiger partial charge in [-0.05, 0) is 37.6 Å². The number of morpholine rings is 1. The number of carbonyl (C=O) groups excluding carboxylic acids is 2. The van der Waals surface area contributed by atoms with Gasteiger partial charge in [0.2, 0.25) is 5.43 Å². The average molecular weight is 675 g/mol. The molecule has 3 N–H and O–H groups in total. The molecule has 3 amide bonds. The lowest BCUT2D eigenvalue weighted by Gasteiger charge is -2.34. The molecule has 1 saturated heterocycles. The van der Waals surface area contributed by atoms with Crippen molar-refractivity contribution in [3.05, 3.63) is 63.5 Å². The van der Waals surface area contributed by atoms with Gasteiger partial charge in [0.05, 0.1) is 31.4 Å². The predicted octanol–water partition coefficient (Wildman–Crippen LogP) is 4.90. The van der Waals surface area contributed by atoms with Gasteiger partial charge >= 0.3 is 24.3 Å². The monoisotopic (exact) mass is 674 g/mol. The van der Waals surface area contributed by atoms with Crippen LogP contribution < -0.4 is 16.1 Å². The van der Waals surface area contributed by atoms with E-state index in [1.807, 2.05) is 0 Å². The Bertz CT molecular complexity index is 1890. The Morgan fingerprint density at radius 1 is 1.19 bits per heavy atom. The normalized spacial score (nSPS) is 15.0. The number of pyridine rings is 2. The molecule has 47 heavy (non-hydrogen) atoms. The van der Waals surface area contributed by atoms with Gasteiger partial charge in [0, 0.05) is 53.9 Å². The number of halogens is 3. The van der Waals surface area contributed by atoms with E-state index in [4.69, 9.17) is 9.47 Å². The molecule has 248 valence electrons. The number of ether oxygens (including phenoxy) is 2. The zero-order valence-corrected chi connectivity index (χ0v) is 25.9. The van der Waals surface area contributed by atoms with Crippen LogP contribution in [0.25, 0.3) is 32.6 Å². The Balaban J connectivity index is 1.67. The molecule has 1 atom stereocenters. The fraction of sp³-hybridized carbons (Fsp3) is 0.333. The SMILES string of the molecule is CCNC(=O)Nc1cc(-c2nc(C(F)(F)F)cs2)c(-c2ccc3c(c2)c(=O)c(C(=O)OCC)cn3CC2COCCN2C(=O)O)cn1. The van der Waals surface area contributed by atoms with Gasteiger partial charge < -0.3 is 24.5 Å². The predicted molar refractivity (Wildman–Crippen MR) is 166 cm³/mol. The van der Waals surface area contributed by atoms with Gasteiger partial charge in [-0.25, -0.2) is 24.4 Å². The number of hydrogen-bond acceptors (Lipinski definition) is 9. The van der Waals surface area contributed by atoms with E-state index in [1.54, 1.807) is 30.5 Å². The number of hydrogen-bond donors (Lipinski definition) is 3. The van der Waals surface area contributed by atoms with E-state index in [2.05, 4.69) is 20.6 Å². The van der Waals surface area contributed by atoms with Crippen molar-refractivity contribution in [1.29, 1.82) is 0 Å². The number of nitrogens with one attached hydrogen (secondary N) is 2. The number of anilines is 1. The van der Waals surface area contributed by atoms with Crippen molar-refractivity contribution in [3.8, 4) is 21.7 Å². The number of fused-ring (bicyclic) bond motifs is 1. The highest BCUT2D eigenvalue weighted by molar-refractivity contribution is 7.13. The van der Waals surface area contributed by atoms with Crippen LogP contribution in [0.4, 0.5) is 28.6 Å². The third kappa shape index (κ3) is 7.20. The van der Waals surface area contributed by atoms with E-state index in [-0.39, 0.29) is 60.2 Å². The van der Waals surface area contributed by atoms with E-state index in [9.17, 15) is 37.5 Å². The first-order valence-corrected chi connectivity index (χ1v) is 15.3. The Kier molecular flexibility index (Phi) is 9.76. The van der Waals surface area contributed by atoms with E-state index in [0.29, 0.717) is 23.2 Å². The summed E-state index contributed by atoms with van der Waals surface area (Å²) < 4.78 is 52.6. The van der Waals surface area contributed by atoms with Gasteiger partial charge in [-0.15, -0.1) is 11.3 Å². The molecule has 1 aliphatic heterocycles. The van der Waals surface area contributed by atoms with Crippen molar-refractivity contribution in [2.45, 2.75) is 32.6 Å². The van der Waals surface area contributed by atoms with Crippen LogP contribution >= 0.6 is 11.3 Å². The molecular formula is C30H29F3N6O7S. The number of rotatable bonds is 8. The highest BCUT2D eigenvalue weighted by Crippen LogP contribution is 2.39. The first-order chi connectivity index (χ1) is 22.4. The molecule has 3 aromatic heterocycles. The first-order valence-electron chi connectivity index (χ1n) is 14.4. The molecule has 1 unspecified atom stereocenters. The second-order valence-electron chi connectivity index (χ2n) is 10.3. The molecule has 0 aliphatic carbocycles. The number of aromatic nitrogens is 3. The highest BCUT2D eigenvalue weighted by atomic mass is 32.1. The van der Waals surface area contributed by atoms with E-state index < -0.39 is 41.4 Å². The summed E-state index contributed by atoms with van der Waals surface area (Å²) in [5, 5.41) is 15.7. The molecule has 17 heteroatoms. The number of thiazole rings is 1. The fourth-order valence-corrected chi connectivity index (χ4v) is 5.99. The van der Waals surface area contributed by atoms with Crippen molar-refractivity contribution >= 4 is 46.2 Å². The summed E-state index contributed by atoms with van der Waals surface area (Å²) in [5.74, 6) is -0.831. The van der Waals surface area contributed by atoms with Gasteiger partial charge in [-0.1, -0.05) is 6.07 Å². The number of carbonyl (C=O) groups is 3. The number of carboxylic acid groups (broad SMARTS) is 1. The highest BCUT2D eigenvalue weighted by Gasteiger charge is 2.34. The van der Waals surface area contributed by atoms with Crippen molar-refractivity contribution in [2.75, 3.05) is 38.2 Å². The number of alkyl halides is 3. The molecule has 1 fully saturated rings. The van der Waals surface area contributed by atoms with Crippen molar-refractivity contribution in [2.24, 2.45) is 0 Å². The second kappa shape index (κ2) is 13.8. The molecule has 1 aliphatic rings. The third-order valence-electron chi connectivity index (χ3n) is 7.28. The summed E-state index contributed by atoms with van der Waals surface area (Å²) in [6.45, 7) is 4.11. The van der Waals surface area contributed by atoms with Gasteiger partial charge in [0.1, 0.15) is 16.4 Å². The van der Waals surface area contributed by atoms with Crippen molar-refractivity contribution in [3.63, 3.8) is 0 Å². The van der Waals surface area contributed by atoms with E-state index >= 15 is 0 Å². The maximum Gasteiger partial charge on any atom is 0.434 e. The molecule has 0 bridgehead atoms. The molecule has 4 aromatic rings. The summed E-state index contributed by atoms with van der Waals surface area (Å²) in [5.41, 5.74) is -0.840. The number of esters is 1. The van der Waals surface area contributed by atoms with Gasteiger partial charge in [0.25, 0.3) is 0 Å². The fourth-order valence-electron chi connectivity index (χ4n) is 5.13. The van der Waals surface area contributed by atoms with Crippen LogP contribution in [-0.2, 0) is 22.2 Å². The number of benzene rings is 1. The largest absolute Gasteiger partial charge is 0.465 e. The zero-order valence-electron chi connectivity index (χ0n) is 25.1. The number of amides is 3. The molecule has 0 saturated carbocycles.